The van der Waals surface area contributed by atoms with E-state index < -0.39 is 0 Å². The monoisotopic (exact) mass is 532 g/mol. The number of aromatic hydroxyl groups is 1. The largest absolute Gasteiger partial charge is 0.507 e. The van der Waals surface area contributed by atoms with Gasteiger partial charge in [0.05, 0.1) is 0 Å². The lowest BCUT2D eigenvalue weighted by atomic mass is 9.92. The number of benzene rings is 5. The summed E-state index contributed by atoms with van der Waals surface area (Å²) in [5.74, 6) is 0.971. The molecule has 0 saturated carbocycles. The first-order valence-corrected chi connectivity index (χ1v) is 11.5. The van der Waals surface area contributed by atoms with Crippen LogP contribution in [0.1, 0.15) is 5.56 Å². The normalized spacial score (nSPS) is 11.2. The Morgan fingerprint density at radius 1 is 0.645 bits per heavy atom. The third kappa shape index (κ3) is 3.93. The van der Waals surface area contributed by atoms with Gasteiger partial charge in [-0.3, -0.25) is 0 Å². The van der Waals surface area contributed by atoms with Gasteiger partial charge in [-0.25, -0.2) is 0 Å². The molecule has 0 atom stereocenters. The third-order valence-corrected chi connectivity index (χ3v) is 6.38. The summed E-state index contributed by atoms with van der Waals surface area (Å²) in [7, 11) is 0. The van der Waals surface area contributed by atoms with E-state index in [-0.39, 0.29) is 5.75 Å². The average molecular weight is 534 g/mol. The van der Waals surface area contributed by atoms with Crippen LogP contribution in [0.15, 0.2) is 99.9 Å². The number of ether oxygens (including phenoxy) is 1. The molecule has 0 heterocycles. The van der Waals surface area contributed by atoms with Gasteiger partial charge in [-0.05, 0) is 63.5 Å². The molecule has 0 bridgehead atoms. The molecule has 2 nitrogen and oxygen atoms in total. The fourth-order valence-corrected chi connectivity index (χ4v) is 4.70. The first-order valence-electron chi connectivity index (χ1n) is 9.91. The molecule has 5 aromatic rings. The maximum atomic E-state index is 11.0. The molecule has 0 aromatic heterocycles. The van der Waals surface area contributed by atoms with Crippen molar-refractivity contribution in [3.05, 3.63) is 106 Å². The van der Waals surface area contributed by atoms with E-state index in [1.165, 1.54) is 0 Å². The number of halogens is 2. The summed E-state index contributed by atoms with van der Waals surface area (Å²) < 4.78 is 8.32. The van der Waals surface area contributed by atoms with Gasteiger partial charge < -0.3 is 9.84 Å². The maximum Gasteiger partial charge on any atom is 0.128 e. The Balaban J connectivity index is 1.76. The molecular formula is C27H18Br2O2. The lowest BCUT2D eigenvalue weighted by Gasteiger charge is -2.18. The summed E-state index contributed by atoms with van der Waals surface area (Å²) >= 11 is 7.12. The molecular weight excluding hydrogens is 516 g/mol. The van der Waals surface area contributed by atoms with Gasteiger partial charge in [-0.2, -0.15) is 0 Å². The smallest absolute Gasteiger partial charge is 0.128 e. The molecule has 31 heavy (non-hydrogen) atoms. The van der Waals surface area contributed by atoms with Crippen LogP contribution < -0.4 is 4.74 Å². The molecule has 152 valence electrons. The van der Waals surface area contributed by atoms with E-state index in [4.69, 9.17) is 4.74 Å². The van der Waals surface area contributed by atoms with Gasteiger partial charge in [-0.1, -0.05) is 86.5 Å². The van der Waals surface area contributed by atoms with Crippen molar-refractivity contribution in [3.63, 3.8) is 0 Å². The van der Waals surface area contributed by atoms with Crippen LogP contribution in [0.5, 0.6) is 11.5 Å². The van der Waals surface area contributed by atoms with Crippen LogP contribution in [-0.2, 0) is 6.61 Å². The second-order valence-electron chi connectivity index (χ2n) is 7.40. The molecule has 0 aliphatic carbocycles. The Kier molecular flexibility index (Phi) is 5.43. The van der Waals surface area contributed by atoms with E-state index in [0.717, 1.165) is 52.9 Å². The fourth-order valence-electron chi connectivity index (χ4n) is 3.95. The van der Waals surface area contributed by atoms with Crippen LogP contribution in [0.3, 0.4) is 0 Å². The Bertz CT molecular complexity index is 1410. The van der Waals surface area contributed by atoms with Gasteiger partial charge >= 0.3 is 0 Å². The molecule has 4 heteroatoms. The minimum atomic E-state index is 0.231. The van der Waals surface area contributed by atoms with E-state index in [1.807, 2.05) is 60.7 Å². The summed E-state index contributed by atoms with van der Waals surface area (Å²) in [6.07, 6.45) is 0. The van der Waals surface area contributed by atoms with Gasteiger partial charge in [0, 0.05) is 20.1 Å². The van der Waals surface area contributed by atoms with Crippen molar-refractivity contribution < 1.29 is 9.84 Å². The zero-order valence-electron chi connectivity index (χ0n) is 16.5. The van der Waals surface area contributed by atoms with Crippen molar-refractivity contribution in [1.82, 2.24) is 0 Å². The summed E-state index contributed by atoms with van der Waals surface area (Å²) in [5, 5.41) is 15.1. The molecule has 0 amide bonds. The maximum absolute atomic E-state index is 11.0. The zero-order chi connectivity index (χ0) is 21.4. The number of fused-ring (bicyclic) bond motifs is 2. The van der Waals surface area contributed by atoms with Crippen LogP contribution in [0, 0.1) is 0 Å². The topological polar surface area (TPSA) is 29.5 Å². The van der Waals surface area contributed by atoms with E-state index in [0.29, 0.717) is 6.61 Å². The van der Waals surface area contributed by atoms with Crippen molar-refractivity contribution in [2.24, 2.45) is 0 Å². The van der Waals surface area contributed by atoms with E-state index in [1.54, 1.807) is 6.07 Å². The first-order chi connectivity index (χ1) is 15.1. The first kappa shape index (κ1) is 20.1. The molecule has 5 rings (SSSR count). The van der Waals surface area contributed by atoms with Crippen LogP contribution in [0.4, 0.5) is 0 Å². The fraction of sp³-hybridized carbons (Fsp3) is 0.0370. The lowest BCUT2D eigenvalue weighted by molar-refractivity contribution is 0.308. The lowest BCUT2D eigenvalue weighted by Crippen LogP contribution is -1.98. The van der Waals surface area contributed by atoms with E-state index >= 15 is 0 Å². The number of rotatable bonds is 4. The Morgan fingerprint density at radius 2 is 1.26 bits per heavy atom. The third-order valence-electron chi connectivity index (χ3n) is 5.39. The van der Waals surface area contributed by atoms with E-state index in [9.17, 15) is 5.11 Å². The van der Waals surface area contributed by atoms with Crippen molar-refractivity contribution in [1.29, 1.82) is 0 Å². The van der Waals surface area contributed by atoms with Crippen molar-refractivity contribution in [2.45, 2.75) is 6.61 Å². The Morgan fingerprint density at radius 3 is 1.94 bits per heavy atom. The molecule has 0 radical (unpaired) electrons. The van der Waals surface area contributed by atoms with Crippen molar-refractivity contribution >= 4 is 53.4 Å². The molecule has 5 aromatic carbocycles. The van der Waals surface area contributed by atoms with Gasteiger partial charge in [-0.15, -0.1) is 0 Å². The number of phenolic OH excluding ortho intramolecular Hbond substituents is 1. The second kappa shape index (κ2) is 8.37. The standard InChI is InChI=1S/C27H18Br2O2/c28-20-8-10-22-18(14-20)6-12-24(30)26(22)27-23-11-9-21(29)15-19(23)7-13-25(27)31-16-17-4-2-1-3-5-17/h1-15,30H,16H2. The Labute approximate surface area is 197 Å². The molecule has 0 unspecified atom stereocenters. The van der Waals surface area contributed by atoms with Crippen molar-refractivity contribution in [3.8, 4) is 22.6 Å². The summed E-state index contributed by atoms with van der Waals surface area (Å²) in [6, 6.07) is 30.1. The van der Waals surface area contributed by atoms with Crippen LogP contribution in [0.25, 0.3) is 32.7 Å². The van der Waals surface area contributed by atoms with Crippen LogP contribution in [-0.4, -0.2) is 5.11 Å². The van der Waals surface area contributed by atoms with Gasteiger partial charge in [0.1, 0.15) is 18.1 Å². The number of hydrogen-bond donors (Lipinski definition) is 1. The second-order valence-corrected chi connectivity index (χ2v) is 9.23. The predicted octanol–water partition coefficient (Wildman–Crippen LogP) is 8.47. The molecule has 1 N–H and O–H groups in total. The molecule has 0 fully saturated rings. The van der Waals surface area contributed by atoms with Gasteiger partial charge in [0.15, 0.2) is 0 Å². The van der Waals surface area contributed by atoms with Crippen LogP contribution in [0.2, 0.25) is 0 Å². The quantitative estimate of drug-likeness (QED) is 0.251. The summed E-state index contributed by atoms with van der Waals surface area (Å²) in [5.41, 5.74) is 2.77. The SMILES string of the molecule is Oc1ccc2cc(Br)ccc2c1-c1c(OCc2ccccc2)ccc2cc(Br)ccc12. The van der Waals surface area contributed by atoms with Crippen LogP contribution >= 0.6 is 31.9 Å². The molecule has 0 spiro atoms. The predicted molar refractivity (Wildman–Crippen MR) is 135 cm³/mol. The highest BCUT2D eigenvalue weighted by Gasteiger charge is 2.18. The average Bonchev–Trinajstić information content (AvgIpc) is 2.78. The highest BCUT2D eigenvalue weighted by atomic mass is 79.9. The highest BCUT2D eigenvalue weighted by Crippen LogP contribution is 2.45. The zero-order valence-corrected chi connectivity index (χ0v) is 19.7. The van der Waals surface area contributed by atoms with E-state index in [2.05, 4.69) is 56.1 Å². The summed E-state index contributed by atoms with van der Waals surface area (Å²) in [4.78, 5) is 0. The molecule has 0 aliphatic heterocycles. The minimum absolute atomic E-state index is 0.231. The Hall–Kier alpha value is -2.82. The number of hydrogen-bond acceptors (Lipinski definition) is 2. The number of phenols is 1. The van der Waals surface area contributed by atoms with Crippen molar-refractivity contribution in [2.75, 3.05) is 0 Å². The molecule has 0 saturated heterocycles. The summed E-state index contributed by atoms with van der Waals surface area (Å²) in [6.45, 7) is 0.451. The van der Waals surface area contributed by atoms with Gasteiger partial charge in [0.25, 0.3) is 0 Å². The molecule has 0 aliphatic rings. The van der Waals surface area contributed by atoms with Gasteiger partial charge in [0.2, 0.25) is 0 Å². The minimum Gasteiger partial charge on any atom is -0.507 e. The highest BCUT2D eigenvalue weighted by molar-refractivity contribution is 9.10.